The molecule has 0 amide bonds. The van der Waals surface area contributed by atoms with Gasteiger partial charge in [-0.05, 0) is 12.8 Å². The molecule has 0 radical (unpaired) electrons. The molecular formula is C7H11Cl3O. The topological polar surface area (TPSA) is 17.1 Å². The van der Waals surface area contributed by atoms with E-state index in [1.165, 1.54) is 6.42 Å². The normalized spacial score (nSPS) is 17.6. The molecule has 11 heavy (non-hydrogen) atoms. The van der Waals surface area contributed by atoms with Crippen LogP contribution < -0.4 is 0 Å². The third-order valence-corrected chi connectivity index (χ3v) is 1.41. The van der Waals surface area contributed by atoms with Crippen molar-refractivity contribution >= 4 is 40.6 Å². The van der Waals surface area contributed by atoms with E-state index >= 15 is 0 Å². The summed E-state index contributed by atoms with van der Waals surface area (Å²) in [5.41, 5.74) is 0. The standard InChI is InChI=1S/C6H10O.CHCl3/c7-6-4-2-1-3-5-6;2-1(3)4/h1-5H2;1H. The molecular weight excluding hydrogens is 206 g/mol. The van der Waals surface area contributed by atoms with Gasteiger partial charge >= 0.3 is 0 Å². The van der Waals surface area contributed by atoms with Gasteiger partial charge in [-0.25, -0.2) is 0 Å². The van der Waals surface area contributed by atoms with E-state index in [0.29, 0.717) is 5.78 Å². The van der Waals surface area contributed by atoms with Crippen molar-refractivity contribution in [2.24, 2.45) is 0 Å². The molecule has 1 aliphatic rings. The van der Waals surface area contributed by atoms with Crippen LogP contribution >= 0.6 is 34.8 Å². The van der Waals surface area contributed by atoms with Gasteiger partial charge in [0.25, 0.3) is 0 Å². The van der Waals surface area contributed by atoms with E-state index in [0.717, 1.165) is 25.7 Å². The maximum Gasteiger partial charge on any atom is 0.180 e. The molecule has 0 unspecified atom stereocenters. The van der Waals surface area contributed by atoms with Crippen LogP contribution in [0.3, 0.4) is 0 Å². The SMILES string of the molecule is ClC(Cl)Cl.O=C1CCCCC1. The van der Waals surface area contributed by atoms with Gasteiger partial charge in [0.1, 0.15) is 5.78 Å². The fourth-order valence-electron chi connectivity index (χ4n) is 0.946. The second kappa shape index (κ2) is 7.20. The van der Waals surface area contributed by atoms with E-state index in [4.69, 9.17) is 34.8 Å². The summed E-state index contributed by atoms with van der Waals surface area (Å²) in [4.78, 5) is 10.5. The zero-order valence-electron chi connectivity index (χ0n) is 6.16. The van der Waals surface area contributed by atoms with Gasteiger partial charge in [0.05, 0.1) is 0 Å². The first-order valence-corrected chi connectivity index (χ1v) is 4.88. The highest BCUT2D eigenvalue weighted by molar-refractivity contribution is 6.63. The maximum absolute atomic E-state index is 10.5. The van der Waals surface area contributed by atoms with Crippen LogP contribution in [0.1, 0.15) is 32.1 Å². The zero-order valence-corrected chi connectivity index (χ0v) is 8.42. The molecule has 0 spiro atoms. The molecule has 0 aliphatic heterocycles. The molecule has 1 aliphatic carbocycles. The van der Waals surface area contributed by atoms with Crippen molar-refractivity contribution in [2.45, 2.75) is 36.4 Å². The van der Waals surface area contributed by atoms with Gasteiger partial charge in [0.2, 0.25) is 0 Å². The average Bonchev–Trinajstić information content (AvgIpc) is 1.87. The Labute approximate surface area is 82.0 Å². The van der Waals surface area contributed by atoms with E-state index in [2.05, 4.69) is 0 Å². The number of alkyl halides is 3. The Morgan fingerprint density at radius 2 is 1.36 bits per heavy atom. The van der Waals surface area contributed by atoms with E-state index in [9.17, 15) is 4.79 Å². The molecule has 1 saturated carbocycles. The molecule has 0 aromatic carbocycles. The van der Waals surface area contributed by atoms with Gasteiger partial charge in [-0.1, -0.05) is 41.2 Å². The van der Waals surface area contributed by atoms with E-state index in [1.54, 1.807) is 0 Å². The molecule has 0 heterocycles. The lowest BCUT2D eigenvalue weighted by atomic mass is 10.00. The van der Waals surface area contributed by atoms with Gasteiger partial charge in [-0.2, -0.15) is 0 Å². The molecule has 0 N–H and O–H groups in total. The highest BCUT2D eigenvalue weighted by atomic mass is 35.6. The Kier molecular flexibility index (Phi) is 7.56. The van der Waals surface area contributed by atoms with Crippen molar-refractivity contribution in [2.75, 3.05) is 0 Å². The van der Waals surface area contributed by atoms with Crippen LogP contribution in [-0.4, -0.2) is 10.1 Å². The van der Waals surface area contributed by atoms with Crippen LogP contribution in [0.15, 0.2) is 0 Å². The van der Waals surface area contributed by atoms with E-state index < -0.39 is 4.30 Å². The third kappa shape index (κ3) is 10.5. The summed E-state index contributed by atoms with van der Waals surface area (Å²) in [5, 5.41) is 0. The lowest BCUT2D eigenvalue weighted by Gasteiger charge is -2.05. The monoisotopic (exact) mass is 216 g/mol. The summed E-state index contributed by atoms with van der Waals surface area (Å²) in [6, 6.07) is 0. The molecule has 0 saturated heterocycles. The Bertz CT molecular complexity index is 103. The first kappa shape index (κ1) is 11.5. The number of carbonyl (C=O) groups is 1. The van der Waals surface area contributed by atoms with Crippen LogP contribution in [-0.2, 0) is 4.79 Å². The quantitative estimate of drug-likeness (QED) is 0.568. The second-order valence-corrected chi connectivity index (χ2v) is 4.33. The second-order valence-electron chi connectivity index (χ2n) is 2.35. The molecule has 0 aromatic heterocycles. The third-order valence-electron chi connectivity index (χ3n) is 1.41. The Balaban J connectivity index is 0.000000218. The maximum atomic E-state index is 10.5. The molecule has 0 bridgehead atoms. The minimum absolute atomic E-state index is 0.464. The van der Waals surface area contributed by atoms with Crippen molar-refractivity contribution in [3.05, 3.63) is 0 Å². The number of Topliss-reactive ketones (excluding diaryl/α,β-unsaturated/α-hetero) is 1. The summed E-state index contributed by atoms with van der Waals surface area (Å²) >= 11 is 14.4. The minimum Gasteiger partial charge on any atom is -0.300 e. The van der Waals surface area contributed by atoms with Gasteiger partial charge in [-0.3, -0.25) is 4.79 Å². The molecule has 4 heteroatoms. The smallest absolute Gasteiger partial charge is 0.180 e. The largest absolute Gasteiger partial charge is 0.300 e. The molecule has 0 aromatic rings. The predicted octanol–water partition coefficient (Wildman–Crippen LogP) is 3.51. The lowest BCUT2D eigenvalue weighted by Crippen LogP contribution is -2.02. The van der Waals surface area contributed by atoms with Crippen LogP contribution in [0, 0.1) is 0 Å². The fourth-order valence-corrected chi connectivity index (χ4v) is 0.946. The zero-order chi connectivity index (χ0) is 8.69. The van der Waals surface area contributed by atoms with Crippen LogP contribution in [0.25, 0.3) is 0 Å². The first-order chi connectivity index (χ1) is 5.13. The van der Waals surface area contributed by atoms with Crippen LogP contribution in [0.2, 0.25) is 0 Å². The van der Waals surface area contributed by atoms with Crippen molar-refractivity contribution in [1.82, 2.24) is 0 Å². The molecule has 66 valence electrons. The highest BCUT2D eigenvalue weighted by Crippen LogP contribution is 2.12. The predicted molar refractivity (Wildman–Crippen MR) is 49.4 cm³/mol. The molecule has 1 rings (SSSR count). The highest BCUT2D eigenvalue weighted by Gasteiger charge is 2.05. The number of hydrogen-bond acceptors (Lipinski definition) is 1. The van der Waals surface area contributed by atoms with Crippen molar-refractivity contribution < 1.29 is 4.79 Å². The van der Waals surface area contributed by atoms with Crippen molar-refractivity contribution in [3.8, 4) is 0 Å². The number of rotatable bonds is 0. The van der Waals surface area contributed by atoms with Gasteiger partial charge in [0.15, 0.2) is 4.30 Å². The summed E-state index contributed by atoms with van der Waals surface area (Å²) in [6.45, 7) is 0. The number of halogens is 3. The molecule has 1 fully saturated rings. The average molecular weight is 218 g/mol. The number of ketones is 1. The summed E-state index contributed by atoms with van der Waals surface area (Å²) in [7, 11) is 0. The van der Waals surface area contributed by atoms with Crippen molar-refractivity contribution in [3.63, 3.8) is 0 Å². The first-order valence-electron chi connectivity index (χ1n) is 3.57. The Hall–Kier alpha value is 0.540. The molecule has 0 atom stereocenters. The van der Waals surface area contributed by atoms with Gasteiger partial charge < -0.3 is 0 Å². The minimum atomic E-state index is -0.750. The fraction of sp³-hybridized carbons (Fsp3) is 0.857. The lowest BCUT2D eigenvalue weighted by molar-refractivity contribution is -0.120. The number of carbonyl (C=O) groups excluding carboxylic acids is 1. The summed E-state index contributed by atoms with van der Waals surface area (Å²) < 4.78 is -0.750. The van der Waals surface area contributed by atoms with E-state index in [1.807, 2.05) is 0 Å². The van der Waals surface area contributed by atoms with Crippen LogP contribution in [0.4, 0.5) is 0 Å². The number of hydrogen-bond donors (Lipinski definition) is 0. The summed E-state index contributed by atoms with van der Waals surface area (Å²) in [5.74, 6) is 0.464. The van der Waals surface area contributed by atoms with Crippen LogP contribution in [0.5, 0.6) is 0 Å². The molecule has 1 nitrogen and oxygen atoms in total. The van der Waals surface area contributed by atoms with Gasteiger partial charge in [-0.15, -0.1) is 0 Å². The van der Waals surface area contributed by atoms with Gasteiger partial charge in [0, 0.05) is 12.8 Å². The van der Waals surface area contributed by atoms with E-state index in [-0.39, 0.29) is 0 Å². The Morgan fingerprint density at radius 3 is 1.55 bits per heavy atom. The Morgan fingerprint density at radius 1 is 1.00 bits per heavy atom. The van der Waals surface area contributed by atoms with Crippen molar-refractivity contribution in [1.29, 1.82) is 0 Å². The summed E-state index contributed by atoms with van der Waals surface area (Å²) in [6.07, 6.45) is 5.24.